The van der Waals surface area contributed by atoms with Crippen LogP contribution in [0.15, 0.2) is 60.8 Å². The number of nitrogens with zero attached hydrogens (tertiary/aromatic N) is 4. The highest BCUT2D eigenvalue weighted by atomic mass is 16.7. The van der Waals surface area contributed by atoms with E-state index in [9.17, 15) is 14.7 Å². The molecule has 308 valence electrons. The molecule has 2 amide bonds. The number of para-hydroxylation sites is 1. The maximum atomic E-state index is 14.4. The Morgan fingerprint density at radius 1 is 1.11 bits per heavy atom. The molecule has 4 saturated carbocycles. The molecule has 4 aliphatic carbocycles. The zero-order valence-electron chi connectivity index (χ0n) is 35.2. The number of aromatic nitrogens is 1. The number of hydrogen-bond donors (Lipinski definition) is 4. The van der Waals surface area contributed by atoms with Crippen LogP contribution in [0.5, 0.6) is 5.75 Å². The highest BCUT2D eigenvalue weighted by Gasteiger charge is 2.58. The third-order valence-corrected chi connectivity index (χ3v) is 13.8. The van der Waals surface area contributed by atoms with E-state index in [4.69, 9.17) is 15.3 Å². The number of aliphatic hydroxyl groups excluding tert-OH is 1. The molecule has 0 radical (unpaired) electrons. The number of methoxy groups -OCH3 is 1. The van der Waals surface area contributed by atoms with Crippen LogP contribution in [0.4, 0.5) is 5.69 Å². The number of likely N-dealkylation sites (N-methyl/N-ethyl adjacent to an activating group) is 1. The summed E-state index contributed by atoms with van der Waals surface area (Å²) < 4.78 is 6.15. The van der Waals surface area contributed by atoms with Crippen LogP contribution in [0.2, 0.25) is 0 Å². The van der Waals surface area contributed by atoms with Crippen molar-refractivity contribution >= 4 is 17.5 Å². The molecule has 8 rings (SSSR count). The molecule has 12 heteroatoms. The fourth-order valence-corrected chi connectivity index (χ4v) is 10.5. The van der Waals surface area contributed by atoms with Gasteiger partial charge in [0.2, 0.25) is 5.91 Å². The number of ether oxygens (including phenoxy) is 1. The second kappa shape index (κ2) is 15.9. The van der Waals surface area contributed by atoms with Gasteiger partial charge in [-0.3, -0.25) is 19.4 Å². The summed E-state index contributed by atoms with van der Waals surface area (Å²) in [5, 5.41) is 19.6. The first-order chi connectivity index (χ1) is 27.1. The van der Waals surface area contributed by atoms with E-state index in [1.54, 1.807) is 25.3 Å². The number of carbonyl (C=O) groups excluding carboxylic acids is 2. The third kappa shape index (κ3) is 7.79. The van der Waals surface area contributed by atoms with Crippen LogP contribution in [-0.4, -0.2) is 110 Å². The van der Waals surface area contributed by atoms with E-state index >= 15 is 0 Å². The largest absolute Gasteiger partial charge is 0.496 e. The van der Waals surface area contributed by atoms with Gasteiger partial charge in [-0.05, 0) is 99.3 Å². The van der Waals surface area contributed by atoms with Crippen molar-refractivity contribution in [2.75, 3.05) is 53.3 Å². The third-order valence-electron chi connectivity index (χ3n) is 13.8. The van der Waals surface area contributed by atoms with Gasteiger partial charge in [-0.25, -0.2) is 0 Å². The minimum Gasteiger partial charge on any atom is -0.496 e. The molecule has 2 heterocycles. The summed E-state index contributed by atoms with van der Waals surface area (Å²) >= 11 is 0. The molecule has 5 fully saturated rings. The molecule has 5 N–H and O–H groups in total. The molecule has 10 atom stereocenters. The summed E-state index contributed by atoms with van der Waals surface area (Å²) in [5.41, 5.74) is 10.9. The summed E-state index contributed by atoms with van der Waals surface area (Å²) in [6.45, 7) is 9.73. The van der Waals surface area contributed by atoms with Gasteiger partial charge < -0.3 is 36.0 Å². The van der Waals surface area contributed by atoms with Crippen molar-refractivity contribution in [3.8, 4) is 16.9 Å². The Balaban J connectivity index is 1.17. The smallest absolute Gasteiger partial charge is 0.251 e. The molecular formula is C45H63N7O5. The molecular weight excluding hydrogens is 719 g/mol. The topological polar surface area (TPSA) is 146 Å². The fraction of sp³-hybridized carbons (Fsp3) is 0.578. The minimum atomic E-state index is -0.825. The Morgan fingerprint density at radius 2 is 1.88 bits per heavy atom. The van der Waals surface area contributed by atoms with Gasteiger partial charge in [0.25, 0.3) is 5.91 Å². The van der Waals surface area contributed by atoms with Crippen LogP contribution in [0, 0.1) is 29.1 Å². The molecule has 1 unspecified atom stereocenters. The molecule has 1 aliphatic heterocycles. The maximum absolute atomic E-state index is 14.4. The lowest BCUT2D eigenvalue weighted by Crippen LogP contribution is -2.62. The van der Waals surface area contributed by atoms with E-state index in [-0.39, 0.29) is 36.9 Å². The lowest BCUT2D eigenvalue weighted by atomic mass is 9.45. The summed E-state index contributed by atoms with van der Waals surface area (Å²) in [7, 11) is 9.60. The van der Waals surface area contributed by atoms with Gasteiger partial charge in [0.1, 0.15) is 11.8 Å². The highest BCUT2D eigenvalue weighted by molar-refractivity contribution is 5.98. The molecule has 3 aromatic rings. The number of anilines is 1. The van der Waals surface area contributed by atoms with E-state index in [0.717, 1.165) is 40.9 Å². The van der Waals surface area contributed by atoms with Crippen molar-refractivity contribution in [1.82, 2.24) is 25.6 Å². The van der Waals surface area contributed by atoms with Gasteiger partial charge in [-0.15, -0.1) is 0 Å². The van der Waals surface area contributed by atoms with E-state index in [2.05, 4.69) is 47.4 Å². The number of aliphatic hydroxyl groups is 1. The number of hydroxylamine groups is 2. The monoisotopic (exact) mass is 781 g/mol. The lowest BCUT2D eigenvalue weighted by Gasteiger charge is -2.62. The van der Waals surface area contributed by atoms with Crippen molar-refractivity contribution in [2.45, 2.75) is 89.3 Å². The maximum Gasteiger partial charge on any atom is 0.251 e. The number of fused-ring (bicyclic) bond motifs is 2. The number of amides is 2. The zero-order chi connectivity index (χ0) is 41.0. The Bertz CT molecular complexity index is 1940. The number of benzene rings is 2. The fourth-order valence-electron chi connectivity index (χ4n) is 10.5. The average Bonchev–Trinajstić information content (AvgIpc) is 3.73. The van der Waals surface area contributed by atoms with Crippen molar-refractivity contribution < 1.29 is 24.3 Å². The Kier molecular flexibility index (Phi) is 11.5. The predicted molar refractivity (Wildman–Crippen MR) is 223 cm³/mol. The summed E-state index contributed by atoms with van der Waals surface area (Å²) in [4.78, 5) is 43.7. The lowest BCUT2D eigenvalue weighted by molar-refractivity contribution is -0.175. The van der Waals surface area contributed by atoms with Crippen LogP contribution in [0.1, 0.15) is 74.5 Å². The van der Waals surface area contributed by atoms with Gasteiger partial charge in [0.05, 0.1) is 31.4 Å². The first kappa shape index (κ1) is 41.1. The van der Waals surface area contributed by atoms with Gasteiger partial charge in [-0.2, -0.15) is 5.06 Å². The van der Waals surface area contributed by atoms with E-state index in [1.807, 2.05) is 81.6 Å². The van der Waals surface area contributed by atoms with Crippen molar-refractivity contribution in [3.63, 3.8) is 0 Å². The summed E-state index contributed by atoms with van der Waals surface area (Å²) in [6, 6.07) is 17.0. The number of carbonyl (C=O) groups is 2. The SMILES string of the molecule is COc1c(CN2O[C@@H](CN)[C@@H]([C@H](C)O)[C@H]2C(=O)N[C@H]2C[C@H]3C[C@@H]([C@@H]2C)C3(C)C)cccc1-c1cc(C(=O)NC2(CN(C)C)C[C@H]2c2ccccn2)cc(N(C)C)c1. The minimum absolute atomic E-state index is 0.0644. The van der Waals surface area contributed by atoms with Crippen LogP contribution in [0.3, 0.4) is 0 Å². The van der Waals surface area contributed by atoms with Gasteiger partial charge in [0, 0.05) is 79.3 Å². The Labute approximate surface area is 338 Å². The number of hydrogen-bond acceptors (Lipinski definition) is 10. The van der Waals surface area contributed by atoms with E-state index in [1.165, 1.54) is 6.42 Å². The molecule has 2 aromatic carbocycles. The van der Waals surface area contributed by atoms with Crippen molar-refractivity contribution in [3.05, 3.63) is 77.6 Å². The number of pyridine rings is 1. The zero-order valence-corrected chi connectivity index (χ0v) is 35.2. The molecule has 2 bridgehead atoms. The van der Waals surface area contributed by atoms with Crippen LogP contribution in [-0.2, 0) is 16.2 Å². The molecule has 5 aliphatic rings. The molecule has 0 spiro atoms. The normalized spacial score (nSPS) is 30.7. The first-order valence-electron chi connectivity index (χ1n) is 20.6. The van der Waals surface area contributed by atoms with E-state index < -0.39 is 29.7 Å². The quantitative estimate of drug-likeness (QED) is 0.182. The van der Waals surface area contributed by atoms with Gasteiger partial charge in [0.15, 0.2) is 0 Å². The average molecular weight is 782 g/mol. The highest BCUT2D eigenvalue weighted by Crippen LogP contribution is 2.61. The summed E-state index contributed by atoms with van der Waals surface area (Å²) in [6.07, 6.45) is 3.41. The number of nitrogens with one attached hydrogen (secondary N) is 2. The molecule has 1 saturated heterocycles. The number of rotatable bonds is 14. The molecule has 57 heavy (non-hydrogen) atoms. The first-order valence-corrected chi connectivity index (χ1v) is 20.6. The van der Waals surface area contributed by atoms with Crippen LogP contribution >= 0.6 is 0 Å². The summed E-state index contributed by atoms with van der Waals surface area (Å²) in [5.74, 6) is 1.42. The van der Waals surface area contributed by atoms with E-state index in [0.29, 0.717) is 41.0 Å². The van der Waals surface area contributed by atoms with Crippen molar-refractivity contribution in [2.24, 2.45) is 34.8 Å². The van der Waals surface area contributed by atoms with Crippen LogP contribution in [0.25, 0.3) is 11.1 Å². The Morgan fingerprint density at radius 3 is 2.49 bits per heavy atom. The standard InChI is InChI=1S/C45H63N7O5/c1-26-34-20-31(44(34,3)4)21-37(26)48-43(55)40-39(27(2)53)38(23-46)57-52(40)24-28-13-12-14-33(41(28)56-9)29-17-30(19-32(18-29)51(7)8)42(54)49-45(25-50(5)6)22-35(45)36-15-10-11-16-47-36/h10-19,26-27,31,34-35,37-40,53H,20-25,46H2,1-9H3,(H,48,55)(H,49,54)/t26-,27-,31+,34-,35-,37-,38-,39+,40-,45?/m0/s1. The second-order valence-corrected chi connectivity index (χ2v) is 18.3. The second-order valence-electron chi connectivity index (χ2n) is 18.3. The van der Waals surface area contributed by atoms with Gasteiger partial charge in [-0.1, -0.05) is 45.0 Å². The number of nitrogens with two attached hydrogens (primary N) is 1. The van der Waals surface area contributed by atoms with Crippen molar-refractivity contribution in [1.29, 1.82) is 0 Å². The predicted octanol–water partition coefficient (Wildman–Crippen LogP) is 4.67. The molecule has 12 nitrogen and oxygen atoms in total. The van der Waals surface area contributed by atoms with Crippen LogP contribution < -0.4 is 26.0 Å². The van der Waals surface area contributed by atoms with Gasteiger partial charge >= 0.3 is 0 Å². The molecule has 1 aromatic heterocycles. The Hall–Kier alpha value is -4.07.